The molecule has 0 spiro atoms. The second-order valence-electron chi connectivity index (χ2n) is 6.80. The lowest BCUT2D eigenvalue weighted by Gasteiger charge is -2.42. The third-order valence-electron chi connectivity index (χ3n) is 5.68. The van der Waals surface area contributed by atoms with Crippen molar-refractivity contribution in [3.8, 4) is 5.75 Å². The smallest absolute Gasteiger partial charge is 0.118 e. The molecule has 20 heavy (non-hydrogen) atoms. The summed E-state index contributed by atoms with van der Waals surface area (Å²) >= 11 is 0. The molecular formula is C17H26O3. The first kappa shape index (κ1) is 15.3. The van der Waals surface area contributed by atoms with Crippen LogP contribution in [0.3, 0.4) is 0 Å². The highest BCUT2D eigenvalue weighted by molar-refractivity contribution is 5.29. The van der Waals surface area contributed by atoms with Crippen molar-refractivity contribution < 1.29 is 14.9 Å². The van der Waals surface area contributed by atoms with Gasteiger partial charge in [-0.15, -0.1) is 0 Å². The van der Waals surface area contributed by atoms with Crippen LogP contribution in [0.4, 0.5) is 0 Å². The van der Waals surface area contributed by atoms with Crippen LogP contribution in [-0.4, -0.2) is 23.9 Å². The lowest BCUT2D eigenvalue weighted by atomic mass is 9.64. The predicted octanol–water partition coefficient (Wildman–Crippen LogP) is 3.16. The Bertz CT molecular complexity index is 452. The topological polar surface area (TPSA) is 49.7 Å². The summed E-state index contributed by atoms with van der Waals surface area (Å²) in [5.41, 5.74) is 0.706. The van der Waals surface area contributed by atoms with Crippen molar-refractivity contribution >= 4 is 0 Å². The van der Waals surface area contributed by atoms with Gasteiger partial charge in [0.15, 0.2) is 0 Å². The van der Waals surface area contributed by atoms with Crippen LogP contribution in [-0.2, 0) is 0 Å². The van der Waals surface area contributed by atoms with Crippen LogP contribution >= 0.6 is 0 Å². The van der Waals surface area contributed by atoms with Crippen molar-refractivity contribution in [3.63, 3.8) is 0 Å². The van der Waals surface area contributed by atoms with Crippen molar-refractivity contribution in [1.82, 2.24) is 0 Å². The molecule has 1 saturated carbocycles. The fraction of sp³-hybridized carbons (Fsp3) is 0.647. The van der Waals surface area contributed by atoms with Gasteiger partial charge < -0.3 is 14.9 Å². The van der Waals surface area contributed by atoms with Gasteiger partial charge >= 0.3 is 0 Å². The van der Waals surface area contributed by atoms with E-state index in [0.717, 1.165) is 24.2 Å². The number of benzene rings is 1. The van der Waals surface area contributed by atoms with E-state index in [9.17, 15) is 10.2 Å². The molecule has 0 radical (unpaired) electrons. The second-order valence-corrected chi connectivity index (χ2v) is 6.80. The van der Waals surface area contributed by atoms with Crippen LogP contribution in [0, 0.1) is 16.7 Å². The fourth-order valence-corrected chi connectivity index (χ4v) is 3.47. The van der Waals surface area contributed by atoms with Gasteiger partial charge in [0.05, 0.1) is 13.2 Å². The normalized spacial score (nSPS) is 30.2. The summed E-state index contributed by atoms with van der Waals surface area (Å²) in [7, 11) is 1.64. The van der Waals surface area contributed by atoms with Gasteiger partial charge in [-0.1, -0.05) is 32.9 Å². The molecular weight excluding hydrogens is 252 g/mol. The van der Waals surface area contributed by atoms with Gasteiger partial charge in [-0.05, 0) is 47.3 Å². The Morgan fingerprint density at radius 1 is 1.25 bits per heavy atom. The largest absolute Gasteiger partial charge is 0.497 e. The Labute approximate surface area is 121 Å². The molecule has 3 heteroatoms. The first-order chi connectivity index (χ1) is 9.35. The number of ether oxygens (including phenoxy) is 1. The van der Waals surface area contributed by atoms with E-state index in [4.69, 9.17) is 4.74 Å². The molecule has 1 aromatic carbocycles. The molecule has 0 saturated heterocycles. The molecule has 3 nitrogen and oxygen atoms in total. The van der Waals surface area contributed by atoms with Crippen LogP contribution in [0.2, 0.25) is 0 Å². The van der Waals surface area contributed by atoms with Gasteiger partial charge in [-0.25, -0.2) is 0 Å². The van der Waals surface area contributed by atoms with Gasteiger partial charge in [0.1, 0.15) is 5.75 Å². The average Bonchev–Trinajstić information content (AvgIpc) is 2.69. The standard InChI is InChI=1S/C17H26O3/c1-16(2)14(9-10-17(16,3)11-18)15(19)12-5-7-13(20-4)8-6-12/h5-8,14-15,18-19H,9-11H2,1-4H3/t14-,15-,17-/m1/s1. The van der Waals surface area contributed by atoms with Crippen molar-refractivity contribution in [3.05, 3.63) is 29.8 Å². The minimum atomic E-state index is -0.496. The number of methoxy groups -OCH3 is 1. The Morgan fingerprint density at radius 2 is 1.85 bits per heavy atom. The van der Waals surface area contributed by atoms with E-state index < -0.39 is 6.10 Å². The summed E-state index contributed by atoms with van der Waals surface area (Å²) in [5, 5.41) is 20.4. The van der Waals surface area contributed by atoms with E-state index in [1.54, 1.807) is 7.11 Å². The number of aliphatic hydroxyl groups excluding tert-OH is 2. The molecule has 0 bridgehead atoms. The molecule has 1 aliphatic rings. The summed E-state index contributed by atoms with van der Waals surface area (Å²) in [6.07, 6.45) is 1.40. The van der Waals surface area contributed by atoms with Gasteiger partial charge in [0.25, 0.3) is 0 Å². The van der Waals surface area contributed by atoms with Crippen LogP contribution in [0.5, 0.6) is 5.75 Å². The molecule has 1 fully saturated rings. The summed E-state index contributed by atoms with van der Waals surface area (Å²) in [6, 6.07) is 7.61. The van der Waals surface area contributed by atoms with E-state index in [-0.39, 0.29) is 23.4 Å². The molecule has 2 N–H and O–H groups in total. The zero-order valence-electron chi connectivity index (χ0n) is 12.9. The molecule has 112 valence electrons. The highest BCUT2D eigenvalue weighted by Crippen LogP contribution is 2.59. The van der Waals surface area contributed by atoms with Crippen molar-refractivity contribution in [2.75, 3.05) is 13.7 Å². The monoisotopic (exact) mass is 278 g/mol. The Morgan fingerprint density at radius 3 is 2.30 bits per heavy atom. The zero-order valence-corrected chi connectivity index (χ0v) is 12.9. The van der Waals surface area contributed by atoms with E-state index in [1.165, 1.54) is 0 Å². The Kier molecular flexibility index (Phi) is 4.12. The maximum atomic E-state index is 10.7. The lowest BCUT2D eigenvalue weighted by Crippen LogP contribution is -2.39. The Hall–Kier alpha value is -1.06. The fourth-order valence-electron chi connectivity index (χ4n) is 3.47. The minimum Gasteiger partial charge on any atom is -0.497 e. The van der Waals surface area contributed by atoms with Gasteiger partial charge in [0, 0.05) is 6.61 Å². The molecule has 2 rings (SSSR count). The summed E-state index contributed by atoms with van der Waals surface area (Å²) in [6.45, 7) is 6.61. The molecule has 0 amide bonds. The third kappa shape index (κ3) is 2.33. The molecule has 1 aliphatic carbocycles. The minimum absolute atomic E-state index is 0.0961. The first-order valence-electron chi connectivity index (χ1n) is 7.28. The van der Waals surface area contributed by atoms with Gasteiger partial charge in [-0.3, -0.25) is 0 Å². The predicted molar refractivity (Wildman–Crippen MR) is 79.7 cm³/mol. The van der Waals surface area contributed by atoms with E-state index in [0.29, 0.717) is 0 Å². The van der Waals surface area contributed by atoms with Crippen LogP contribution in [0.25, 0.3) is 0 Å². The highest BCUT2D eigenvalue weighted by atomic mass is 16.5. The average molecular weight is 278 g/mol. The molecule has 1 aromatic rings. The molecule has 0 aliphatic heterocycles. The SMILES string of the molecule is COc1ccc([C@@H](O)[C@H]2CC[C@](C)(CO)C2(C)C)cc1. The molecule has 0 aromatic heterocycles. The van der Waals surface area contributed by atoms with Crippen molar-refractivity contribution in [2.24, 2.45) is 16.7 Å². The Balaban J connectivity index is 2.23. The number of hydrogen-bond acceptors (Lipinski definition) is 3. The van der Waals surface area contributed by atoms with Crippen molar-refractivity contribution in [1.29, 1.82) is 0 Å². The summed E-state index contributed by atoms with van der Waals surface area (Å²) in [4.78, 5) is 0. The first-order valence-corrected chi connectivity index (χ1v) is 7.28. The second kappa shape index (κ2) is 5.38. The number of rotatable bonds is 4. The summed E-state index contributed by atoms with van der Waals surface area (Å²) < 4.78 is 5.15. The summed E-state index contributed by atoms with van der Waals surface area (Å²) in [5.74, 6) is 0.958. The van der Waals surface area contributed by atoms with Crippen LogP contribution < -0.4 is 4.74 Å². The maximum Gasteiger partial charge on any atom is 0.118 e. The number of hydrogen-bond donors (Lipinski definition) is 2. The lowest BCUT2D eigenvalue weighted by molar-refractivity contribution is -0.0212. The van der Waals surface area contributed by atoms with E-state index >= 15 is 0 Å². The van der Waals surface area contributed by atoms with Crippen molar-refractivity contribution in [2.45, 2.75) is 39.7 Å². The van der Waals surface area contributed by atoms with Crippen LogP contribution in [0.15, 0.2) is 24.3 Å². The molecule has 3 atom stereocenters. The van der Waals surface area contributed by atoms with E-state index in [2.05, 4.69) is 20.8 Å². The van der Waals surface area contributed by atoms with Crippen LogP contribution in [0.1, 0.15) is 45.3 Å². The quantitative estimate of drug-likeness (QED) is 0.889. The number of aliphatic hydroxyl groups is 2. The molecule has 0 heterocycles. The maximum absolute atomic E-state index is 10.7. The third-order valence-corrected chi connectivity index (χ3v) is 5.68. The molecule has 0 unspecified atom stereocenters. The zero-order chi connectivity index (χ0) is 15.0. The van der Waals surface area contributed by atoms with Gasteiger partial charge in [0.2, 0.25) is 0 Å². The van der Waals surface area contributed by atoms with E-state index in [1.807, 2.05) is 24.3 Å². The van der Waals surface area contributed by atoms with Gasteiger partial charge in [-0.2, -0.15) is 0 Å². The highest BCUT2D eigenvalue weighted by Gasteiger charge is 2.53.